The number of aliphatic hydroxyl groups is 3. The average molecular weight is 2220 g/mol. The molecule has 583 valence electrons. The molecule has 0 fully saturated rings. The minimum Gasteiger partial charge on any atom is -0.512 e. The molecule has 0 aliphatic rings. The first-order chi connectivity index (χ1) is 53.5. The van der Waals surface area contributed by atoms with E-state index in [2.05, 4.69) is 127 Å². The van der Waals surface area contributed by atoms with Crippen LogP contribution in [0.4, 0.5) is 0 Å². The van der Waals surface area contributed by atoms with Crippen LogP contribution in [0.5, 0.6) is 5.75 Å². The molecule has 3 radical (unpaired) electrons. The van der Waals surface area contributed by atoms with Crippen molar-refractivity contribution in [3.63, 3.8) is 0 Å². The van der Waals surface area contributed by atoms with Crippen molar-refractivity contribution in [3.05, 3.63) is 406 Å². The van der Waals surface area contributed by atoms with Crippen molar-refractivity contribution in [1.29, 1.82) is 0 Å². The summed E-state index contributed by atoms with van der Waals surface area (Å²) in [6, 6.07) is 115. The molecule has 0 aliphatic carbocycles. The van der Waals surface area contributed by atoms with Crippen LogP contribution in [0.3, 0.4) is 0 Å². The molecule has 15 aromatic rings. The van der Waals surface area contributed by atoms with Gasteiger partial charge in [-0.3, -0.25) is 29.3 Å². The number of benzene rings is 10. The van der Waals surface area contributed by atoms with Gasteiger partial charge in [-0.05, 0) is 105 Å². The largest absolute Gasteiger partial charge is 0.512 e. The second kappa shape index (κ2) is 52.4. The predicted octanol–water partition coefficient (Wildman–Crippen LogP) is 23.0. The maximum atomic E-state index is 10.0. The zero-order valence-corrected chi connectivity index (χ0v) is 72.6. The van der Waals surface area contributed by atoms with Gasteiger partial charge in [0, 0.05) is 165 Å². The van der Waals surface area contributed by atoms with Crippen molar-refractivity contribution in [2.45, 2.75) is 41.5 Å². The number of aromatic hydroxyl groups is 1. The van der Waals surface area contributed by atoms with Gasteiger partial charge in [-0.25, -0.2) is 0 Å². The number of ketones is 3. The fourth-order valence-electron chi connectivity index (χ4n) is 10.6. The molecular weight excluding hydrogens is 2130 g/mol. The Morgan fingerprint density at radius 3 is 1.12 bits per heavy atom. The first-order valence-electron chi connectivity index (χ1n) is 35.0. The maximum Gasteiger partial charge on any atom is 0.155 e. The van der Waals surface area contributed by atoms with Crippen molar-refractivity contribution < 1.29 is 116 Å². The van der Waals surface area contributed by atoms with Crippen LogP contribution < -0.4 is 0 Å². The predicted molar refractivity (Wildman–Crippen MR) is 444 cm³/mol. The molecule has 0 bridgehead atoms. The summed E-state index contributed by atoms with van der Waals surface area (Å²) in [5.74, 6) is 0.140. The summed E-state index contributed by atoms with van der Waals surface area (Å²) in [7, 11) is 0. The van der Waals surface area contributed by atoms with Crippen LogP contribution in [0, 0.1) is 24.3 Å². The van der Waals surface area contributed by atoms with E-state index in [0.717, 1.165) is 89.8 Å². The number of phenolic OH excluding ortho intramolecular Hbond substituents is 1. The molecule has 0 amide bonds. The third-order valence-corrected chi connectivity index (χ3v) is 15.3. The summed E-state index contributed by atoms with van der Waals surface area (Å²) in [4.78, 5) is 56.7. The van der Waals surface area contributed by atoms with E-state index < -0.39 is 0 Å². The Hall–Kier alpha value is -11.8. The van der Waals surface area contributed by atoms with Crippen molar-refractivity contribution >= 4 is 28.1 Å². The zero-order chi connectivity index (χ0) is 78.1. The smallest absolute Gasteiger partial charge is 0.155 e. The third-order valence-electron chi connectivity index (χ3n) is 15.3. The molecule has 10 aromatic carbocycles. The van der Waals surface area contributed by atoms with E-state index in [0.29, 0.717) is 5.75 Å². The van der Waals surface area contributed by atoms with E-state index in [1.54, 1.807) is 24.7 Å². The first-order valence-corrected chi connectivity index (χ1v) is 35.0. The molecule has 5 aromatic heterocycles. The number of pyridine rings is 4. The Labute approximate surface area is 722 Å². The van der Waals surface area contributed by atoms with Gasteiger partial charge in [-0.15, -0.1) is 120 Å². The molecule has 5 heterocycles. The average Bonchev–Trinajstić information content (AvgIpc) is 0.801. The van der Waals surface area contributed by atoms with E-state index >= 15 is 0 Å². The normalized spacial score (nSPS) is 10.1. The van der Waals surface area contributed by atoms with Gasteiger partial charge in [0.2, 0.25) is 0 Å². The number of aliphatic hydroxyl groups excluding tert-OH is 3. The number of hydrogen-bond donors (Lipinski definition) is 4. The van der Waals surface area contributed by atoms with Crippen LogP contribution in [0.15, 0.2) is 382 Å². The van der Waals surface area contributed by atoms with Gasteiger partial charge < -0.3 is 35.4 Å². The molecule has 0 spiro atoms. The quantitative estimate of drug-likeness (QED) is 0.0510. The number of fused-ring (bicyclic) bond motifs is 1. The second-order valence-electron chi connectivity index (χ2n) is 24.2. The van der Waals surface area contributed by atoms with Crippen LogP contribution in [0.1, 0.15) is 41.5 Å². The molecule has 13 nitrogen and oxygen atoms in total. The number of carbonyl (C=O) groups is 3. The number of rotatable bonds is 12. The van der Waals surface area contributed by atoms with Crippen LogP contribution in [0.25, 0.3) is 112 Å². The van der Waals surface area contributed by atoms with E-state index in [4.69, 9.17) is 15.3 Å². The maximum absolute atomic E-state index is 10.0. The number of aromatic nitrogens is 6. The van der Waals surface area contributed by atoms with Crippen molar-refractivity contribution in [3.8, 4) is 107 Å². The van der Waals surface area contributed by atoms with Gasteiger partial charge in [0.05, 0.1) is 23.0 Å². The van der Waals surface area contributed by atoms with Gasteiger partial charge in [0.15, 0.2) is 17.3 Å². The van der Waals surface area contributed by atoms with Gasteiger partial charge in [-0.2, -0.15) is 0 Å². The number of nitrogens with zero attached hydrogens (tertiary/aromatic N) is 6. The van der Waals surface area contributed by atoms with E-state index in [1.165, 1.54) is 81.7 Å². The minimum absolute atomic E-state index is 0. The number of para-hydroxylation sites is 1. The van der Waals surface area contributed by atoms with E-state index in [1.807, 2.05) is 249 Å². The Morgan fingerprint density at radius 2 is 0.702 bits per heavy atom. The van der Waals surface area contributed by atoms with Crippen LogP contribution in [0.2, 0.25) is 0 Å². The topological polar surface area (TPSA) is 209 Å². The third kappa shape index (κ3) is 32.9. The number of allylic oxidation sites excluding steroid dienone is 6. The Kier molecular flexibility index (Phi) is 43.5. The van der Waals surface area contributed by atoms with Gasteiger partial charge >= 0.3 is 0 Å². The summed E-state index contributed by atoms with van der Waals surface area (Å²) in [5, 5.41) is 37.0. The van der Waals surface area contributed by atoms with Gasteiger partial charge in [0.1, 0.15) is 5.75 Å². The van der Waals surface area contributed by atoms with E-state index in [9.17, 15) is 19.5 Å². The molecule has 0 saturated heterocycles. The molecule has 0 saturated carbocycles. The molecule has 15 rings (SSSR count). The van der Waals surface area contributed by atoms with Crippen LogP contribution in [-0.2, 0) is 95.8 Å². The molecule has 4 N–H and O–H groups in total. The van der Waals surface area contributed by atoms with E-state index in [-0.39, 0.29) is 116 Å². The summed E-state index contributed by atoms with van der Waals surface area (Å²) in [5.41, 5.74) is 18.1. The van der Waals surface area contributed by atoms with Crippen LogP contribution in [-0.4, -0.2) is 67.7 Å². The monoisotopic (exact) mass is 2220 g/mol. The van der Waals surface area contributed by atoms with Gasteiger partial charge in [-0.1, -0.05) is 228 Å². The SMILES string of the molecule is CC(=O)C=C(C)O.CC(=O)C=C(C)O.CC(=O)C=C(C)O.Oc1ccccc1-c1ccccc1.[Ir].[Ir].[Ir].[Pt].[c-]1c(-c2ccccn2)cccc1-c1ccccn1.[c-]1cc(-c2ccccc2)c(-c2ccccc2)cc1-c1cnc(-c2ccccc2)cn1.[c-]1ccccc1-c1ccccn1.[c-]1ccccc1-c1nccc2ccccc12. The van der Waals surface area contributed by atoms with Crippen molar-refractivity contribution in [2.24, 2.45) is 0 Å². The number of carbonyl (C=O) groups excluding carboxylic acids is 3. The summed E-state index contributed by atoms with van der Waals surface area (Å²) in [6.07, 6.45) is 14.4. The number of hydrogen-bond acceptors (Lipinski definition) is 13. The van der Waals surface area contributed by atoms with Gasteiger partial charge in [0.25, 0.3) is 0 Å². The summed E-state index contributed by atoms with van der Waals surface area (Å²) >= 11 is 0. The minimum atomic E-state index is -0.125. The Balaban J connectivity index is 0.000000288. The Bertz CT molecular complexity index is 5230. The van der Waals surface area contributed by atoms with Crippen molar-refractivity contribution in [1.82, 2.24) is 29.9 Å². The summed E-state index contributed by atoms with van der Waals surface area (Å²) < 4.78 is 0. The first kappa shape index (κ1) is 94.6. The molecule has 17 heteroatoms. The standard InChI is InChI=1S/C28H19N2.C16H11N2.C15H10N.C12H10O.C11H8N.3C5H8O2.3Ir.Pt/c1-4-10-21(11-5-1)25-17-16-24(18-26(25)22-12-6-2-7-13-22)28-20-29-27(19-30-28)23-14-8-3-9-15-23;1-3-10-17-15(8-1)13-6-5-7-14(12-13)16-9-2-4-11-18-16;1-2-7-13(8-3-1)15-14-9-5-4-6-12(14)10-11-16-15;13-12-9-5-4-8-11(12)10-6-2-1-3-7-10;1-2-6-10(7-3-1)11-8-4-5-9-12-11;3*1-4(6)3-5(2)7;;;;/h1-15,17-20H;1-11H;1-7,9-11H;1-9,13H;1-6,8-9H;3*3,6H,1-2H3;;;;/q3*-1;;-1;;;;;;;. The second-order valence-corrected chi connectivity index (χ2v) is 24.2. The molecule has 0 atom stereocenters. The molecule has 0 unspecified atom stereocenters. The molecular formula is C97H82Ir3N6O7Pt-4. The van der Waals surface area contributed by atoms with Crippen LogP contribution >= 0.6 is 0 Å². The fraction of sp³-hybridized carbons (Fsp3) is 0.0619. The fourth-order valence-corrected chi connectivity index (χ4v) is 10.6. The number of phenols is 1. The molecule has 114 heavy (non-hydrogen) atoms. The summed E-state index contributed by atoms with van der Waals surface area (Å²) in [6.45, 7) is 8.54. The molecule has 0 aliphatic heterocycles. The zero-order valence-electron chi connectivity index (χ0n) is 63.2. The van der Waals surface area contributed by atoms with Crippen molar-refractivity contribution in [2.75, 3.05) is 0 Å². The Morgan fingerprint density at radius 1 is 0.316 bits per heavy atom.